The third-order valence-electron chi connectivity index (χ3n) is 2.31. The fraction of sp³-hybridized carbons (Fsp3) is 0.167. The first-order valence-electron chi connectivity index (χ1n) is 4.55. The lowest BCUT2D eigenvalue weighted by Crippen LogP contribution is -1.88. The van der Waals surface area contributed by atoms with Gasteiger partial charge in [0, 0.05) is 9.80 Å². The van der Waals surface area contributed by atoms with Crippen molar-refractivity contribution in [1.82, 2.24) is 0 Å². The summed E-state index contributed by atoms with van der Waals surface area (Å²) in [6.45, 7) is 0. The SMILES string of the molecule is BrCCc1ccc2ccccc2c1Br. The van der Waals surface area contributed by atoms with Crippen LogP contribution in [0.5, 0.6) is 0 Å². The molecule has 0 spiro atoms. The molecular weight excluding hydrogens is 304 g/mol. The minimum Gasteiger partial charge on any atom is -0.0924 e. The van der Waals surface area contributed by atoms with Gasteiger partial charge in [-0.1, -0.05) is 52.3 Å². The Morgan fingerprint density at radius 1 is 1.00 bits per heavy atom. The van der Waals surface area contributed by atoms with Gasteiger partial charge in [-0.25, -0.2) is 0 Å². The van der Waals surface area contributed by atoms with Crippen molar-refractivity contribution in [1.29, 1.82) is 0 Å². The monoisotopic (exact) mass is 312 g/mol. The molecule has 0 radical (unpaired) electrons. The van der Waals surface area contributed by atoms with Crippen LogP contribution in [0.4, 0.5) is 0 Å². The van der Waals surface area contributed by atoms with E-state index in [2.05, 4.69) is 68.3 Å². The lowest BCUT2D eigenvalue weighted by atomic mass is 10.1. The Hall–Kier alpha value is -0.340. The topological polar surface area (TPSA) is 0 Å². The van der Waals surface area contributed by atoms with E-state index in [-0.39, 0.29) is 0 Å². The number of halogens is 2. The van der Waals surface area contributed by atoms with Crippen LogP contribution in [-0.2, 0) is 6.42 Å². The molecule has 0 saturated carbocycles. The second kappa shape index (κ2) is 4.45. The number of hydrogen-bond donors (Lipinski definition) is 0. The molecular formula is C12H10Br2. The van der Waals surface area contributed by atoms with E-state index in [1.807, 2.05) is 0 Å². The van der Waals surface area contributed by atoms with Gasteiger partial charge in [-0.05, 0) is 38.7 Å². The number of benzene rings is 2. The van der Waals surface area contributed by atoms with Gasteiger partial charge < -0.3 is 0 Å². The maximum absolute atomic E-state index is 3.66. The van der Waals surface area contributed by atoms with E-state index in [4.69, 9.17) is 0 Å². The molecule has 0 aliphatic heterocycles. The van der Waals surface area contributed by atoms with Gasteiger partial charge in [0.05, 0.1) is 0 Å². The zero-order valence-electron chi connectivity index (χ0n) is 7.63. The Balaban J connectivity index is 2.63. The van der Waals surface area contributed by atoms with Crippen LogP contribution in [0.15, 0.2) is 40.9 Å². The highest BCUT2D eigenvalue weighted by Gasteiger charge is 2.03. The lowest BCUT2D eigenvalue weighted by Gasteiger charge is -2.06. The Labute approximate surface area is 101 Å². The maximum atomic E-state index is 3.66. The predicted molar refractivity (Wildman–Crippen MR) is 69.1 cm³/mol. The summed E-state index contributed by atoms with van der Waals surface area (Å²) >= 11 is 7.13. The quantitative estimate of drug-likeness (QED) is 0.714. The molecule has 2 rings (SSSR count). The Kier molecular flexibility index (Phi) is 3.24. The highest BCUT2D eigenvalue weighted by Crippen LogP contribution is 2.28. The minimum absolute atomic E-state index is 1.00. The predicted octanol–water partition coefficient (Wildman–Crippen LogP) is 4.54. The molecule has 2 aromatic rings. The molecule has 0 fully saturated rings. The number of rotatable bonds is 2. The van der Waals surface area contributed by atoms with Gasteiger partial charge in [0.1, 0.15) is 0 Å². The molecule has 0 aromatic heterocycles. The first kappa shape index (κ1) is 10.2. The number of aryl methyl sites for hydroxylation is 1. The molecule has 0 heterocycles. The van der Waals surface area contributed by atoms with E-state index in [1.165, 1.54) is 20.8 Å². The molecule has 0 amide bonds. The van der Waals surface area contributed by atoms with Crippen molar-refractivity contribution < 1.29 is 0 Å². The van der Waals surface area contributed by atoms with Crippen LogP contribution in [0.25, 0.3) is 10.8 Å². The van der Waals surface area contributed by atoms with Gasteiger partial charge in [0.15, 0.2) is 0 Å². The summed E-state index contributed by atoms with van der Waals surface area (Å²) in [5.41, 5.74) is 1.36. The van der Waals surface area contributed by atoms with Crippen LogP contribution in [-0.4, -0.2) is 5.33 Å². The minimum atomic E-state index is 1.00. The second-order valence-corrected chi connectivity index (χ2v) is 4.78. The van der Waals surface area contributed by atoms with E-state index in [0.29, 0.717) is 0 Å². The van der Waals surface area contributed by atoms with Crippen LogP contribution in [0.1, 0.15) is 5.56 Å². The van der Waals surface area contributed by atoms with Gasteiger partial charge in [-0.15, -0.1) is 0 Å². The molecule has 0 aliphatic rings. The number of hydrogen-bond acceptors (Lipinski definition) is 0. The molecule has 0 saturated heterocycles. The first-order chi connectivity index (χ1) is 6.83. The fourth-order valence-corrected chi connectivity index (χ4v) is 2.69. The summed E-state index contributed by atoms with van der Waals surface area (Å²) < 4.78 is 1.23. The van der Waals surface area contributed by atoms with Crippen LogP contribution < -0.4 is 0 Å². The molecule has 72 valence electrons. The summed E-state index contributed by atoms with van der Waals surface area (Å²) in [5.74, 6) is 0. The van der Waals surface area contributed by atoms with Gasteiger partial charge in [0.25, 0.3) is 0 Å². The lowest BCUT2D eigenvalue weighted by molar-refractivity contribution is 1.16. The van der Waals surface area contributed by atoms with Crippen molar-refractivity contribution >= 4 is 42.6 Å². The third kappa shape index (κ3) is 1.86. The van der Waals surface area contributed by atoms with Gasteiger partial charge in [0.2, 0.25) is 0 Å². The standard InChI is InChI=1S/C12H10Br2/c13-8-7-10-6-5-9-3-1-2-4-11(9)12(10)14/h1-6H,7-8H2. The van der Waals surface area contributed by atoms with Crippen molar-refractivity contribution in [2.24, 2.45) is 0 Å². The molecule has 0 N–H and O–H groups in total. The Morgan fingerprint density at radius 2 is 1.79 bits per heavy atom. The molecule has 14 heavy (non-hydrogen) atoms. The average molecular weight is 314 g/mol. The summed E-state index contributed by atoms with van der Waals surface area (Å²) in [7, 11) is 0. The van der Waals surface area contributed by atoms with Crippen molar-refractivity contribution in [3.63, 3.8) is 0 Å². The van der Waals surface area contributed by atoms with E-state index in [1.54, 1.807) is 0 Å². The molecule has 2 aromatic carbocycles. The van der Waals surface area contributed by atoms with Gasteiger partial charge in [-0.3, -0.25) is 0 Å². The normalized spacial score (nSPS) is 10.7. The zero-order valence-corrected chi connectivity index (χ0v) is 10.8. The van der Waals surface area contributed by atoms with Gasteiger partial charge in [-0.2, -0.15) is 0 Å². The van der Waals surface area contributed by atoms with Crippen LogP contribution in [0.2, 0.25) is 0 Å². The average Bonchev–Trinajstić information content (AvgIpc) is 2.23. The highest BCUT2D eigenvalue weighted by atomic mass is 79.9. The smallest absolute Gasteiger partial charge is 0.0286 e. The van der Waals surface area contributed by atoms with Crippen molar-refractivity contribution in [3.05, 3.63) is 46.4 Å². The summed E-state index contributed by atoms with van der Waals surface area (Å²) in [5, 5.41) is 3.59. The van der Waals surface area contributed by atoms with Crippen molar-refractivity contribution in [3.8, 4) is 0 Å². The Bertz CT molecular complexity index is 449. The highest BCUT2D eigenvalue weighted by molar-refractivity contribution is 9.10. The molecule has 0 unspecified atom stereocenters. The third-order valence-corrected chi connectivity index (χ3v) is 3.64. The molecule has 0 bridgehead atoms. The Morgan fingerprint density at radius 3 is 2.57 bits per heavy atom. The number of fused-ring (bicyclic) bond motifs is 1. The van der Waals surface area contributed by atoms with Crippen LogP contribution in [0, 0.1) is 0 Å². The second-order valence-electron chi connectivity index (χ2n) is 3.20. The zero-order chi connectivity index (χ0) is 9.97. The molecule has 2 heteroatoms. The van der Waals surface area contributed by atoms with Gasteiger partial charge >= 0.3 is 0 Å². The van der Waals surface area contributed by atoms with E-state index in [9.17, 15) is 0 Å². The summed E-state index contributed by atoms with van der Waals surface area (Å²) in [6.07, 6.45) is 1.06. The fourth-order valence-electron chi connectivity index (χ4n) is 1.57. The number of alkyl halides is 1. The molecule has 0 aliphatic carbocycles. The van der Waals surface area contributed by atoms with E-state index >= 15 is 0 Å². The molecule has 0 nitrogen and oxygen atoms in total. The van der Waals surface area contributed by atoms with Crippen molar-refractivity contribution in [2.75, 3.05) is 5.33 Å². The van der Waals surface area contributed by atoms with E-state index in [0.717, 1.165) is 11.8 Å². The van der Waals surface area contributed by atoms with E-state index < -0.39 is 0 Å². The van der Waals surface area contributed by atoms with Crippen molar-refractivity contribution in [2.45, 2.75) is 6.42 Å². The summed E-state index contributed by atoms with van der Waals surface area (Å²) in [6, 6.07) is 12.8. The largest absolute Gasteiger partial charge is 0.0924 e. The molecule has 0 atom stereocenters. The summed E-state index contributed by atoms with van der Waals surface area (Å²) in [4.78, 5) is 0. The van der Waals surface area contributed by atoms with Crippen LogP contribution >= 0.6 is 31.9 Å². The first-order valence-corrected chi connectivity index (χ1v) is 6.46. The van der Waals surface area contributed by atoms with Crippen LogP contribution in [0.3, 0.4) is 0 Å². The maximum Gasteiger partial charge on any atom is 0.0286 e.